The molecule has 1 amide bonds. The minimum absolute atomic E-state index is 0.282. The molecule has 2 aliphatic heterocycles. The SMILES string of the molecule is O=C(CN1CCN(C(=NCc2cccs2)NCCc2ccco2)CC1)N1CCCC1. The largest absolute Gasteiger partial charge is 0.469 e. The zero-order valence-corrected chi connectivity index (χ0v) is 18.3. The molecule has 0 saturated carbocycles. The lowest BCUT2D eigenvalue weighted by Gasteiger charge is -2.36. The molecule has 162 valence electrons. The van der Waals surface area contributed by atoms with E-state index in [2.05, 4.69) is 32.6 Å². The first-order valence-electron chi connectivity index (χ1n) is 10.9. The van der Waals surface area contributed by atoms with Crippen LogP contribution in [0.3, 0.4) is 0 Å². The summed E-state index contributed by atoms with van der Waals surface area (Å²) in [6, 6.07) is 8.11. The summed E-state index contributed by atoms with van der Waals surface area (Å²) < 4.78 is 5.44. The van der Waals surface area contributed by atoms with E-state index in [0.717, 1.165) is 76.8 Å². The van der Waals surface area contributed by atoms with Crippen LogP contribution in [-0.4, -0.2) is 78.9 Å². The van der Waals surface area contributed by atoms with E-state index in [4.69, 9.17) is 9.41 Å². The number of rotatable bonds is 7. The van der Waals surface area contributed by atoms with Gasteiger partial charge in [0.2, 0.25) is 5.91 Å². The average molecular weight is 430 g/mol. The van der Waals surface area contributed by atoms with Crippen LogP contribution in [-0.2, 0) is 17.8 Å². The van der Waals surface area contributed by atoms with Crippen LogP contribution in [0.1, 0.15) is 23.5 Å². The van der Waals surface area contributed by atoms with Crippen molar-refractivity contribution < 1.29 is 9.21 Å². The van der Waals surface area contributed by atoms with Gasteiger partial charge in [-0.25, -0.2) is 4.99 Å². The third kappa shape index (κ3) is 5.86. The van der Waals surface area contributed by atoms with Crippen molar-refractivity contribution in [3.8, 4) is 0 Å². The second kappa shape index (κ2) is 10.6. The Labute approximate surface area is 182 Å². The van der Waals surface area contributed by atoms with Crippen LogP contribution in [0.4, 0.5) is 0 Å². The summed E-state index contributed by atoms with van der Waals surface area (Å²) in [5.41, 5.74) is 0. The van der Waals surface area contributed by atoms with Gasteiger partial charge in [0, 0.05) is 57.1 Å². The number of aliphatic imine (C=N–C) groups is 1. The van der Waals surface area contributed by atoms with Crippen LogP contribution < -0.4 is 5.32 Å². The Hall–Kier alpha value is -2.32. The Morgan fingerprint density at radius 3 is 2.60 bits per heavy atom. The summed E-state index contributed by atoms with van der Waals surface area (Å²) >= 11 is 1.73. The summed E-state index contributed by atoms with van der Waals surface area (Å²) in [6.45, 7) is 7.40. The number of nitrogens with one attached hydrogen (secondary N) is 1. The van der Waals surface area contributed by atoms with Gasteiger partial charge in [0.05, 0.1) is 19.4 Å². The highest BCUT2D eigenvalue weighted by Crippen LogP contribution is 2.12. The topological polar surface area (TPSA) is 64.3 Å². The number of hydrogen-bond donors (Lipinski definition) is 1. The molecule has 4 rings (SSSR count). The van der Waals surface area contributed by atoms with Gasteiger partial charge in [-0.2, -0.15) is 0 Å². The van der Waals surface area contributed by atoms with Crippen molar-refractivity contribution in [1.82, 2.24) is 20.0 Å². The third-order valence-electron chi connectivity index (χ3n) is 5.69. The molecule has 0 aliphatic carbocycles. The highest BCUT2D eigenvalue weighted by atomic mass is 32.1. The molecule has 0 spiro atoms. The second-order valence-electron chi connectivity index (χ2n) is 7.83. The molecule has 1 N–H and O–H groups in total. The Morgan fingerprint density at radius 1 is 1.07 bits per heavy atom. The van der Waals surface area contributed by atoms with E-state index >= 15 is 0 Å². The van der Waals surface area contributed by atoms with Crippen LogP contribution >= 0.6 is 11.3 Å². The lowest BCUT2D eigenvalue weighted by atomic mass is 10.3. The van der Waals surface area contributed by atoms with Gasteiger partial charge in [-0.3, -0.25) is 9.69 Å². The predicted octanol–water partition coefficient (Wildman–Crippen LogP) is 2.27. The van der Waals surface area contributed by atoms with E-state index in [1.165, 1.54) is 4.88 Å². The highest BCUT2D eigenvalue weighted by Gasteiger charge is 2.24. The standard InChI is InChI=1S/C22H31N5O2S/c28-21(26-9-1-2-10-26)18-25-11-13-27(14-12-25)22(24-17-20-6-4-16-30-20)23-8-7-19-5-3-15-29-19/h3-6,15-16H,1-2,7-14,17-18H2,(H,23,24). The van der Waals surface area contributed by atoms with Gasteiger partial charge in [0.25, 0.3) is 0 Å². The zero-order valence-electron chi connectivity index (χ0n) is 17.5. The van der Waals surface area contributed by atoms with E-state index in [1.54, 1.807) is 17.6 Å². The smallest absolute Gasteiger partial charge is 0.236 e. The van der Waals surface area contributed by atoms with E-state index in [0.29, 0.717) is 13.1 Å². The molecule has 0 atom stereocenters. The fraction of sp³-hybridized carbons (Fsp3) is 0.545. The minimum atomic E-state index is 0.282. The predicted molar refractivity (Wildman–Crippen MR) is 120 cm³/mol. The summed E-state index contributed by atoms with van der Waals surface area (Å²) in [5, 5.41) is 5.61. The molecule has 7 nitrogen and oxygen atoms in total. The minimum Gasteiger partial charge on any atom is -0.469 e. The number of piperazine rings is 1. The number of nitrogens with zero attached hydrogens (tertiary/aromatic N) is 4. The quantitative estimate of drug-likeness (QED) is 0.540. The fourth-order valence-electron chi connectivity index (χ4n) is 3.95. The number of thiophene rings is 1. The van der Waals surface area contributed by atoms with Crippen LogP contribution in [0, 0.1) is 0 Å². The van der Waals surface area contributed by atoms with Crippen molar-refractivity contribution >= 4 is 23.2 Å². The van der Waals surface area contributed by atoms with E-state index < -0.39 is 0 Å². The first kappa shape index (κ1) is 20.9. The Morgan fingerprint density at radius 2 is 1.90 bits per heavy atom. The monoisotopic (exact) mass is 429 g/mol. The summed E-state index contributed by atoms with van der Waals surface area (Å²) in [7, 11) is 0. The first-order valence-corrected chi connectivity index (χ1v) is 11.7. The van der Waals surface area contributed by atoms with Crippen molar-refractivity contribution in [3.05, 3.63) is 46.5 Å². The molecule has 8 heteroatoms. The molecular formula is C22H31N5O2S. The summed E-state index contributed by atoms with van der Waals surface area (Å²) in [5.74, 6) is 2.20. The molecular weight excluding hydrogens is 398 g/mol. The second-order valence-corrected chi connectivity index (χ2v) is 8.86. The highest BCUT2D eigenvalue weighted by molar-refractivity contribution is 7.09. The molecule has 2 saturated heterocycles. The number of carbonyl (C=O) groups is 1. The van der Waals surface area contributed by atoms with Gasteiger partial charge >= 0.3 is 0 Å². The van der Waals surface area contributed by atoms with Gasteiger partial charge in [-0.15, -0.1) is 11.3 Å². The Bertz CT molecular complexity index is 792. The molecule has 0 radical (unpaired) electrons. The average Bonchev–Trinajstić information content (AvgIpc) is 3.55. The van der Waals surface area contributed by atoms with Gasteiger partial charge in [0.1, 0.15) is 5.76 Å². The Kier molecular flexibility index (Phi) is 7.42. The maximum absolute atomic E-state index is 12.4. The maximum Gasteiger partial charge on any atom is 0.236 e. The van der Waals surface area contributed by atoms with Gasteiger partial charge in [-0.1, -0.05) is 6.07 Å². The van der Waals surface area contributed by atoms with Crippen molar-refractivity contribution in [2.45, 2.75) is 25.8 Å². The van der Waals surface area contributed by atoms with Gasteiger partial charge < -0.3 is 19.5 Å². The van der Waals surface area contributed by atoms with Crippen LogP contribution in [0.5, 0.6) is 0 Å². The van der Waals surface area contributed by atoms with Crippen molar-refractivity contribution in [3.63, 3.8) is 0 Å². The molecule has 2 fully saturated rings. The van der Waals surface area contributed by atoms with Gasteiger partial charge in [0.15, 0.2) is 5.96 Å². The molecule has 30 heavy (non-hydrogen) atoms. The fourth-order valence-corrected chi connectivity index (χ4v) is 4.58. The molecule has 0 unspecified atom stereocenters. The summed E-state index contributed by atoms with van der Waals surface area (Å²) in [6.07, 6.45) is 4.83. The van der Waals surface area contributed by atoms with Crippen molar-refractivity contribution in [1.29, 1.82) is 0 Å². The van der Waals surface area contributed by atoms with E-state index in [9.17, 15) is 4.79 Å². The zero-order chi connectivity index (χ0) is 20.6. The number of amides is 1. The lowest BCUT2D eigenvalue weighted by Crippen LogP contribution is -2.54. The number of guanidine groups is 1. The molecule has 0 bridgehead atoms. The van der Waals surface area contributed by atoms with Crippen LogP contribution in [0.2, 0.25) is 0 Å². The Balaban J connectivity index is 1.29. The summed E-state index contributed by atoms with van der Waals surface area (Å²) in [4.78, 5) is 25.2. The van der Waals surface area contributed by atoms with Crippen LogP contribution in [0.25, 0.3) is 0 Å². The molecule has 2 aliphatic rings. The lowest BCUT2D eigenvalue weighted by molar-refractivity contribution is -0.131. The number of likely N-dealkylation sites (tertiary alicyclic amines) is 1. The van der Waals surface area contributed by atoms with E-state index in [1.807, 2.05) is 17.0 Å². The van der Waals surface area contributed by atoms with Gasteiger partial charge in [-0.05, 0) is 36.4 Å². The van der Waals surface area contributed by atoms with Crippen molar-refractivity contribution in [2.24, 2.45) is 4.99 Å². The number of carbonyl (C=O) groups excluding carboxylic acids is 1. The van der Waals surface area contributed by atoms with E-state index in [-0.39, 0.29) is 5.91 Å². The number of furan rings is 1. The third-order valence-corrected chi connectivity index (χ3v) is 6.55. The van der Waals surface area contributed by atoms with Crippen molar-refractivity contribution in [2.75, 3.05) is 52.4 Å². The normalized spacial score (nSPS) is 18.2. The molecule has 0 aromatic carbocycles. The first-order chi connectivity index (χ1) is 14.8. The van der Waals surface area contributed by atoms with Crippen LogP contribution in [0.15, 0.2) is 45.3 Å². The maximum atomic E-state index is 12.4. The molecule has 2 aromatic rings. The molecule has 4 heterocycles. The molecule has 2 aromatic heterocycles. The number of hydrogen-bond acceptors (Lipinski definition) is 5.